The van der Waals surface area contributed by atoms with Gasteiger partial charge in [-0.15, -0.1) is 23.1 Å². The van der Waals surface area contributed by atoms with Gasteiger partial charge in [0.05, 0.1) is 22.6 Å². The van der Waals surface area contributed by atoms with Crippen LogP contribution < -0.4 is 5.32 Å². The summed E-state index contributed by atoms with van der Waals surface area (Å²) in [5.41, 5.74) is 2.07. The number of nitrogens with one attached hydrogen (secondary N) is 1. The third-order valence-corrected chi connectivity index (χ3v) is 5.41. The Morgan fingerprint density at radius 1 is 1.24 bits per heavy atom. The molecule has 7 heteroatoms. The lowest BCUT2D eigenvalue weighted by molar-refractivity contribution is 0.103. The molecular formula is C18H16FN3OS2. The highest BCUT2D eigenvalue weighted by atomic mass is 32.2. The Bertz CT molecular complexity index is 876. The summed E-state index contributed by atoms with van der Waals surface area (Å²) in [6, 6.07) is 9.79. The number of thioether (sulfide) groups is 1. The second-order valence-corrected chi connectivity index (χ2v) is 7.50. The number of carbonyl (C=O) groups excluding carboxylic acids is 1. The molecule has 2 heterocycles. The maximum absolute atomic E-state index is 13.0. The summed E-state index contributed by atoms with van der Waals surface area (Å²) in [4.78, 5) is 21.8. The number of aryl methyl sites for hydroxylation is 1. The van der Waals surface area contributed by atoms with Gasteiger partial charge in [0.1, 0.15) is 15.7 Å². The maximum Gasteiger partial charge on any atom is 0.267 e. The van der Waals surface area contributed by atoms with Gasteiger partial charge in [-0.2, -0.15) is 0 Å². The fourth-order valence-electron chi connectivity index (χ4n) is 2.20. The Labute approximate surface area is 153 Å². The third-order valence-electron chi connectivity index (χ3n) is 3.38. The van der Waals surface area contributed by atoms with Crippen molar-refractivity contribution in [2.75, 3.05) is 11.1 Å². The van der Waals surface area contributed by atoms with Crippen LogP contribution >= 0.6 is 23.1 Å². The van der Waals surface area contributed by atoms with Crippen LogP contribution in [0, 0.1) is 12.7 Å². The SMILES string of the molecule is CCSc1ccc(NC(=O)c2sc(-c3ccc(F)cc3)nc2C)cn1. The van der Waals surface area contributed by atoms with Crippen molar-refractivity contribution < 1.29 is 9.18 Å². The Morgan fingerprint density at radius 2 is 2.00 bits per heavy atom. The summed E-state index contributed by atoms with van der Waals surface area (Å²) >= 11 is 2.93. The van der Waals surface area contributed by atoms with Gasteiger partial charge in [0.2, 0.25) is 0 Å². The van der Waals surface area contributed by atoms with Crippen LogP contribution in [-0.4, -0.2) is 21.6 Å². The van der Waals surface area contributed by atoms with E-state index in [0.29, 0.717) is 21.3 Å². The van der Waals surface area contributed by atoms with E-state index in [9.17, 15) is 9.18 Å². The number of benzene rings is 1. The molecule has 3 rings (SSSR count). The molecule has 1 amide bonds. The van der Waals surface area contributed by atoms with Gasteiger partial charge in [-0.1, -0.05) is 6.92 Å². The van der Waals surface area contributed by atoms with E-state index in [1.54, 1.807) is 37.0 Å². The van der Waals surface area contributed by atoms with E-state index in [4.69, 9.17) is 0 Å². The zero-order valence-electron chi connectivity index (χ0n) is 13.7. The molecule has 1 aromatic carbocycles. The van der Waals surface area contributed by atoms with Crippen molar-refractivity contribution >= 4 is 34.7 Å². The van der Waals surface area contributed by atoms with Crippen LogP contribution in [0.1, 0.15) is 22.3 Å². The van der Waals surface area contributed by atoms with Crippen molar-refractivity contribution in [1.29, 1.82) is 0 Å². The van der Waals surface area contributed by atoms with Crippen LogP contribution in [0.3, 0.4) is 0 Å². The minimum Gasteiger partial charge on any atom is -0.320 e. The van der Waals surface area contributed by atoms with E-state index in [1.807, 2.05) is 12.1 Å². The summed E-state index contributed by atoms with van der Waals surface area (Å²) in [6.45, 7) is 3.85. The molecule has 0 aliphatic carbocycles. The van der Waals surface area contributed by atoms with Gasteiger partial charge in [0.15, 0.2) is 0 Å². The topological polar surface area (TPSA) is 54.9 Å². The van der Waals surface area contributed by atoms with Gasteiger partial charge < -0.3 is 5.32 Å². The number of nitrogens with zero attached hydrogens (tertiary/aromatic N) is 2. The second kappa shape index (κ2) is 7.76. The molecule has 3 aromatic rings. The quantitative estimate of drug-likeness (QED) is 0.638. The molecule has 4 nitrogen and oxygen atoms in total. The normalized spacial score (nSPS) is 10.7. The average Bonchev–Trinajstić information content (AvgIpc) is 2.99. The minimum absolute atomic E-state index is 0.221. The third kappa shape index (κ3) is 4.24. The van der Waals surface area contributed by atoms with E-state index in [2.05, 4.69) is 22.2 Å². The summed E-state index contributed by atoms with van der Waals surface area (Å²) < 4.78 is 13.0. The number of halogens is 1. The van der Waals surface area contributed by atoms with Crippen LogP contribution in [0.4, 0.5) is 10.1 Å². The zero-order valence-corrected chi connectivity index (χ0v) is 15.4. The fraction of sp³-hybridized carbons (Fsp3) is 0.167. The number of pyridine rings is 1. The highest BCUT2D eigenvalue weighted by Gasteiger charge is 2.16. The van der Waals surface area contributed by atoms with Crippen LogP contribution in [0.25, 0.3) is 10.6 Å². The lowest BCUT2D eigenvalue weighted by Crippen LogP contribution is -2.11. The Balaban J connectivity index is 1.77. The highest BCUT2D eigenvalue weighted by Crippen LogP contribution is 2.28. The number of hydrogen-bond acceptors (Lipinski definition) is 5. The summed E-state index contributed by atoms with van der Waals surface area (Å²) in [5, 5.41) is 4.46. The van der Waals surface area contributed by atoms with Crippen molar-refractivity contribution in [3.63, 3.8) is 0 Å². The van der Waals surface area contributed by atoms with Gasteiger partial charge in [0, 0.05) is 5.56 Å². The van der Waals surface area contributed by atoms with Crippen molar-refractivity contribution in [3.05, 3.63) is 59.0 Å². The van der Waals surface area contributed by atoms with Crippen molar-refractivity contribution in [2.45, 2.75) is 18.9 Å². The Hall–Kier alpha value is -2.25. The van der Waals surface area contributed by atoms with E-state index in [1.165, 1.54) is 23.5 Å². The van der Waals surface area contributed by atoms with E-state index < -0.39 is 0 Å². The van der Waals surface area contributed by atoms with E-state index >= 15 is 0 Å². The molecule has 0 saturated carbocycles. The minimum atomic E-state index is -0.299. The smallest absolute Gasteiger partial charge is 0.267 e. The molecule has 1 N–H and O–H groups in total. The molecule has 0 fully saturated rings. The molecule has 0 unspecified atom stereocenters. The maximum atomic E-state index is 13.0. The molecule has 0 aliphatic heterocycles. The largest absolute Gasteiger partial charge is 0.320 e. The molecule has 2 aromatic heterocycles. The van der Waals surface area contributed by atoms with Crippen molar-refractivity contribution in [3.8, 4) is 10.6 Å². The summed E-state index contributed by atoms with van der Waals surface area (Å²) in [7, 11) is 0. The molecular weight excluding hydrogens is 357 g/mol. The van der Waals surface area contributed by atoms with Gasteiger partial charge in [-0.25, -0.2) is 14.4 Å². The lowest BCUT2D eigenvalue weighted by atomic mass is 10.2. The molecule has 25 heavy (non-hydrogen) atoms. The highest BCUT2D eigenvalue weighted by molar-refractivity contribution is 7.99. The van der Waals surface area contributed by atoms with Gasteiger partial charge >= 0.3 is 0 Å². The first-order chi connectivity index (χ1) is 12.1. The van der Waals surface area contributed by atoms with Crippen LogP contribution in [0.5, 0.6) is 0 Å². The van der Waals surface area contributed by atoms with Gasteiger partial charge in [0.25, 0.3) is 5.91 Å². The number of carbonyl (C=O) groups is 1. The zero-order chi connectivity index (χ0) is 17.8. The first kappa shape index (κ1) is 17.6. The lowest BCUT2D eigenvalue weighted by Gasteiger charge is -2.04. The van der Waals surface area contributed by atoms with Crippen molar-refractivity contribution in [2.24, 2.45) is 0 Å². The van der Waals surface area contributed by atoms with E-state index in [-0.39, 0.29) is 11.7 Å². The van der Waals surface area contributed by atoms with Crippen LogP contribution in [0.15, 0.2) is 47.6 Å². The molecule has 0 aliphatic rings. The fourth-order valence-corrected chi connectivity index (χ4v) is 3.75. The number of anilines is 1. The molecule has 0 bridgehead atoms. The number of hydrogen-bond donors (Lipinski definition) is 1. The first-order valence-electron chi connectivity index (χ1n) is 7.70. The monoisotopic (exact) mass is 373 g/mol. The Morgan fingerprint density at radius 3 is 2.64 bits per heavy atom. The second-order valence-electron chi connectivity index (χ2n) is 5.21. The predicted molar refractivity (Wildman–Crippen MR) is 101 cm³/mol. The molecule has 0 atom stereocenters. The molecule has 0 saturated heterocycles. The Kier molecular flexibility index (Phi) is 5.45. The van der Waals surface area contributed by atoms with Crippen LogP contribution in [0.2, 0.25) is 0 Å². The van der Waals surface area contributed by atoms with E-state index in [0.717, 1.165) is 16.3 Å². The number of thiazole rings is 1. The van der Waals surface area contributed by atoms with Crippen LogP contribution in [-0.2, 0) is 0 Å². The summed E-state index contributed by atoms with van der Waals surface area (Å²) in [5.74, 6) is 0.429. The van der Waals surface area contributed by atoms with Crippen molar-refractivity contribution in [1.82, 2.24) is 9.97 Å². The molecule has 0 spiro atoms. The van der Waals surface area contributed by atoms with Gasteiger partial charge in [-0.3, -0.25) is 4.79 Å². The summed E-state index contributed by atoms with van der Waals surface area (Å²) in [6.07, 6.45) is 1.65. The molecule has 128 valence electrons. The number of rotatable bonds is 5. The number of aromatic nitrogens is 2. The average molecular weight is 373 g/mol. The predicted octanol–water partition coefficient (Wildman–Crippen LogP) is 5.02. The number of amides is 1. The standard InChI is InChI=1S/C18H16FN3OS2/c1-3-24-15-9-8-14(10-20-15)22-17(23)16-11(2)21-18(25-16)12-4-6-13(19)7-5-12/h4-10H,3H2,1-2H3,(H,22,23). The first-order valence-corrected chi connectivity index (χ1v) is 9.50. The van der Waals surface area contributed by atoms with Gasteiger partial charge in [-0.05, 0) is 49.1 Å². The molecule has 0 radical (unpaired) electrons.